The zero-order valence-electron chi connectivity index (χ0n) is 8.88. The SMILES string of the molecule is CCCC1C=CC=c2cc(C)[nH]c2=C1. The van der Waals surface area contributed by atoms with Crippen LogP contribution in [0, 0.1) is 12.8 Å². The lowest BCUT2D eigenvalue weighted by Gasteiger charge is -2.02. The van der Waals surface area contributed by atoms with Gasteiger partial charge in [0, 0.05) is 11.0 Å². The van der Waals surface area contributed by atoms with Gasteiger partial charge >= 0.3 is 0 Å². The van der Waals surface area contributed by atoms with Gasteiger partial charge in [-0.2, -0.15) is 0 Å². The van der Waals surface area contributed by atoms with Crippen LogP contribution in [-0.2, 0) is 0 Å². The van der Waals surface area contributed by atoms with Crippen LogP contribution in [0.1, 0.15) is 25.5 Å². The minimum absolute atomic E-state index is 0.593. The van der Waals surface area contributed by atoms with E-state index < -0.39 is 0 Å². The fourth-order valence-corrected chi connectivity index (χ4v) is 1.99. The molecule has 0 aliphatic heterocycles. The monoisotopic (exact) mass is 187 g/mol. The second-order valence-electron chi connectivity index (χ2n) is 3.99. The van der Waals surface area contributed by atoms with Gasteiger partial charge in [0.2, 0.25) is 0 Å². The zero-order chi connectivity index (χ0) is 9.97. The second-order valence-corrected chi connectivity index (χ2v) is 3.99. The van der Waals surface area contributed by atoms with Crippen molar-refractivity contribution in [1.29, 1.82) is 0 Å². The standard InChI is InChI=1S/C13H17N/c1-3-5-11-6-4-7-12-8-10(2)14-13(12)9-11/h4,6-9,11,14H,3,5H2,1-2H3. The fourth-order valence-electron chi connectivity index (χ4n) is 1.99. The summed E-state index contributed by atoms with van der Waals surface area (Å²) < 4.78 is 0. The molecule has 0 bridgehead atoms. The number of hydrogen-bond donors (Lipinski definition) is 1. The molecule has 0 saturated carbocycles. The second kappa shape index (κ2) is 3.87. The summed E-state index contributed by atoms with van der Waals surface area (Å²) in [7, 11) is 0. The number of H-pyrrole nitrogens is 1. The lowest BCUT2D eigenvalue weighted by Crippen LogP contribution is -2.22. The minimum Gasteiger partial charge on any atom is -0.359 e. The number of hydrogen-bond acceptors (Lipinski definition) is 0. The quantitative estimate of drug-likeness (QED) is 0.727. The fraction of sp³-hybridized carbons (Fsp3) is 0.385. The summed E-state index contributed by atoms with van der Waals surface area (Å²) in [5.41, 5.74) is 1.24. The van der Waals surface area contributed by atoms with Crippen LogP contribution in [0.2, 0.25) is 0 Å². The molecule has 1 unspecified atom stereocenters. The first-order valence-electron chi connectivity index (χ1n) is 5.35. The van der Waals surface area contributed by atoms with Crippen molar-refractivity contribution in [2.24, 2.45) is 5.92 Å². The maximum atomic E-state index is 3.40. The summed E-state index contributed by atoms with van der Waals surface area (Å²) in [6.45, 7) is 4.34. The van der Waals surface area contributed by atoms with Crippen LogP contribution in [0.15, 0.2) is 18.2 Å². The van der Waals surface area contributed by atoms with E-state index in [0.29, 0.717) is 5.92 Å². The first kappa shape index (κ1) is 9.32. The Morgan fingerprint density at radius 1 is 1.43 bits per heavy atom. The molecule has 0 saturated heterocycles. The van der Waals surface area contributed by atoms with Crippen molar-refractivity contribution in [2.75, 3.05) is 0 Å². The summed E-state index contributed by atoms with van der Waals surface area (Å²) >= 11 is 0. The van der Waals surface area contributed by atoms with E-state index in [4.69, 9.17) is 0 Å². The van der Waals surface area contributed by atoms with Crippen molar-refractivity contribution in [3.8, 4) is 0 Å². The Labute approximate surface area is 84.9 Å². The summed E-state index contributed by atoms with van der Waals surface area (Å²) in [4.78, 5) is 3.40. The molecule has 0 aromatic carbocycles. The van der Waals surface area contributed by atoms with Crippen LogP contribution < -0.4 is 10.6 Å². The van der Waals surface area contributed by atoms with Gasteiger partial charge in [-0.3, -0.25) is 0 Å². The van der Waals surface area contributed by atoms with E-state index in [-0.39, 0.29) is 0 Å². The Morgan fingerprint density at radius 2 is 2.29 bits per heavy atom. The third-order valence-electron chi connectivity index (χ3n) is 2.65. The Bertz CT molecular complexity index is 448. The van der Waals surface area contributed by atoms with Gasteiger partial charge in [-0.05, 0) is 30.5 Å². The number of aryl methyl sites for hydroxylation is 1. The minimum atomic E-state index is 0.593. The van der Waals surface area contributed by atoms with Gasteiger partial charge < -0.3 is 4.98 Å². The van der Waals surface area contributed by atoms with Gasteiger partial charge in [-0.25, -0.2) is 0 Å². The van der Waals surface area contributed by atoms with E-state index in [1.807, 2.05) is 0 Å². The van der Waals surface area contributed by atoms with Crippen LogP contribution in [0.3, 0.4) is 0 Å². The van der Waals surface area contributed by atoms with Crippen molar-refractivity contribution < 1.29 is 0 Å². The van der Waals surface area contributed by atoms with Crippen molar-refractivity contribution >= 4 is 12.2 Å². The smallest absolute Gasteiger partial charge is 0.0421 e. The third kappa shape index (κ3) is 1.82. The molecule has 1 heterocycles. The van der Waals surface area contributed by atoms with Crippen molar-refractivity contribution in [2.45, 2.75) is 26.7 Å². The highest BCUT2D eigenvalue weighted by molar-refractivity contribution is 5.45. The van der Waals surface area contributed by atoms with Crippen LogP contribution in [0.5, 0.6) is 0 Å². The molecule has 74 valence electrons. The maximum Gasteiger partial charge on any atom is 0.0421 e. The van der Waals surface area contributed by atoms with Crippen LogP contribution in [-0.4, -0.2) is 4.98 Å². The molecule has 1 aliphatic carbocycles. The average molecular weight is 187 g/mol. The number of nitrogens with one attached hydrogen (secondary N) is 1. The summed E-state index contributed by atoms with van der Waals surface area (Å²) in [5, 5.41) is 2.60. The molecule has 0 spiro atoms. The normalized spacial score (nSPS) is 19.4. The first-order chi connectivity index (χ1) is 6.79. The van der Waals surface area contributed by atoms with Crippen LogP contribution in [0.25, 0.3) is 12.2 Å². The number of rotatable bonds is 2. The highest BCUT2D eigenvalue weighted by Gasteiger charge is 2.02. The lowest BCUT2D eigenvalue weighted by atomic mass is 10.0. The molecular formula is C13H17N. The topological polar surface area (TPSA) is 15.8 Å². The largest absolute Gasteiger partial charge is 0.359 e. The molecule has 1 atom stereocenters. The highest BCUT2D eigenvalue weighted by atomic mass is 14.7. The predicted molar refractivity (Wildman–Crippen MR) is 61.2 cm³/mol. The van der Waals surface area contributed by atoms with Gasteiger partial charge in [-0.1, -0.05) is 37.6 Å². The molecular weight excluding hydrogens is 170 g/mol. The van der Waals surface area contributed by atoms with Gasteiger partial charge in [0.15, 0.2) is 0 Å². The van der Waals surface area contributed by atoms with Crippen molar-refractivity contribution in [1.82, 2.24) is 4.98 Å². The Balaban J connectivity index is 2.46. The molecule has 1 aromatic heterocycles. The summed E-state index contributed by atoms with van der Waals surface area (Å²) in [5.74, 6) is 0.593. The molecule has 1 aliphatic rings. The van der Waals surface area contributed by atoms with Gasteiger partial charge in [0.05, 0.1) is 0 Å². The van der Waals surface area contributed by atoms with E-state index in [2.05, 4.69) is 49.2 Å². The molecule has 1 aromatic rings. The van der Waals surface area contributed by atoms with E-state index in [1.54, 1.807) is 0 Å². The average Bonchev–Trinajstić information content (AvgIpc) is 2.37. The van der Waals surface area contributed by atoms with Crippen LogP contribution in [0.4, 0.5) is 0 Å². The Hall–Kier alpha value is -1.24. The zero-order valence-corrected chi connectivity index (χ0v) is 8.88. The highest BCUT2D eigenvalue weighted by Crippen LogP contribution is 2.10. The van der Waals surface area contributed by atoms with E-state index >= 15 is 0 Å². The molecule has 1 N–H and O–H groups in total. The summed E-state index contributed by atoms with van der Waals surface area (Å²) in [6, 6.07) is 2.20. The molecule has 1 heteroatoms. The number of aromatic nitrogens is 1. The third-order valence-corrected chi connectivity index (χ3v) is 2.65. The van der Waals surface area contributed by atoms with E-state index in [9.17, 15) is 0 Å². The first-order valence-corrected chi connectivity index (χ1v) is 5.35. The van der Waals surface area contributed by atoms with Gasteiger partial charge in [-0.15, -0.1) is 0 Å². The van der Waals surface area contributed by atoms with Gasteiger partial charge in [0.1, 0.15) is 0 Å². The Morgan fingerprint density at radius 3 is 3.07 bits per heavy atom. The number of aromatic amines is 1. The molecule has 2 rings (SSSR count). The molecule has 0 radical (unpaired) electrons. The predicted octanol–water partition coefficient (Wildman–Crippen LogP) is 1.87. The maximum absolute atomic E-state index is 3.40. The lowest BCUT2D eigenvalue weighted by molar-refractivity contribution is 0.717. The van der Waals surface area contributed by atoms with Crippen molar-refractivity contribution in [3.05, 3.63) is 34.5 Å². The molecule has 14 heavy (non-hydrogen) atoms. The van der Waals surface area contributed by atoms with Crippen LogP contribution >= 0.6 is 0 Å². The molecule has 0 fully saturated rings. The van der Waals surface area contributed by atoms with E-state index in [1.165, 1.54) is 29.1 Å². The number of allylic oxidation sites excluding steroid dienone is 2. The van der Waals surface area contributed by atoms with Crippen molar-refractivity contribution in [3.63, 3.8) is 0 Å². The molecule has 1 nitrogen and oxygen atoms in total. The van der Waals surface area contributed by atoms with Gasteiger partial charge in [0.25, 0.3) is 0 Å². The number of fused-ring (bicyclic) bond motifs is 1. The summed E-state index contributed by atoms with van der Waals surface area (Å²) in [6.07, 6.45) is 11.5. The molecule has 0 amide bonds. The van der Waals surface area contributed by atoms with E-state index in [0.717, 1.165) is 0 Å². The Kier molecular flexibility index (Phi) is 2.58.